The first-order valence-corrected chi connectivity index (χ1v) is 16.2. The minimum absolute atomic E-state index is 0.0236. The van der Waals surface area contributed by atoms with Crippen LogP contribution >= 0.6 is 23.1 Å². The highest BCUT2D eigenvalue weighted by Gasteiger charge is 2.48. The summed E-state index contributed by atoms with van der Waals surface area (Å²) in [5.41, 5.74) is 2.15. The normalized spacial score (nSPS) is 16.1. The molecule has 1 amide bonds. The molecule has 1 saturated heterocycles. The molecule has 0 spiro atoms. The molecule has 1 atom stereocenters. The highest BCUT2D eigenvalue weighted by atomic mass is 32.2. The summed E-state index contributed by atoms with van der Waals surface area (Å²) in [4.78, 5) is 32.5. The smallest absolute Gasteiger partial charge is 0.301 e. The molecule has 0 radical (unpaired) electrons. The van der Waals surface area contributed by atoms with E-state index >= 15 is 0 Å². The van der Waals surface area contributed by atoms with Crippen molar-refractivity contribution in [3.8, 4) is 5.75 Å². The summed E-state index contributed by atoms with van der Waals surface area (Å²) >= 11 is 2.76. The second kappa shape index (κ2) is 13.4. The molecule has 0 bridgehead atoms. The summed E-state index contributed by atoms with van der Waals surface area (Å²) in [5, 5.41) is 22.7. The Hall–Kier alpha value is -4.54. The van der Waals surface area contributed by atoms with E-state index in [0.717, 1.165) is 24.6 Å². The third kappa shape index (κ3) is 6.09. The number of pyridine rings is 1. The number of hydrogen-bond acceptors (Lipinski definition) is 9. The number of rotatable bonds is 11. The zero-order chi connectivity index (χ0) is 30.5. The van der Waals surface area contributed by atoms with Crippen LogP contribution in [0.25, 0.3) is 16.5 Å². The fraction of sp³-hybridized carbons (Fsp3) is 0.206. The number of aliphatic hydroxyl groups is 1. The predicted octanol–water partition coefficient (Wildman–Crippen LogP) is 7.57. The number of unbranched alkanes of at least 4 members (excludes halogenated alkanes) is 2. The van der Waals surface area contributed by atoms with Gasteiger partial charge in [0.1, 0.15) is 11.5 Å². The molecule has 8 nitrogen and oxygen atoms in total. The molecule has 3 heterocycles. The van der Waals surface area contributed by atoms with Crippen LogP contribution < -0.4 is 9.64 Å². The number of amides is 1. The zero-order valence-corrected chi connectivity index (χ0v) is 25.7. The third-order valence-electron chi connectivity index (χ3n) is 7.42. The fourth-order valence-corrected chi connectivity index (χ4v) is 7.11. The van der Waals surface area contributed by atoms with E-state index in [1.54, 1.807) is 12.1 Å². The van der Waals surface area contributed by atoms with Crippen molar-refractivity contribution >= 4 is 56.5 Å². The molecule has 1 aliphatic heterocycles. The number of aliphatic hydroxyl groups excluding tert-OH is 1. The van der Waals surface area contributed by atoms with E-state index in [9.17, 15) is 14.7 Å². The van der Waals surface area contributed by atoms with Gasteiger partial charge in [0, 0.05) is 23.7 Å². The summed E-state index contributed by atoms with van der Waals surface area (Å²) in [7, 11) is 0. The second-order valence-electron chi connectivity index (χ2n) is 10.3. The quantitative estimate of drug-likeness (QED) is 0.0402. The van der Waals surface area contributed by atoms with Crippen molar-refractivity contribution in [2.24, 2.45) is 0 Å². The molecule has 44 heavy (non-hydrogen) atoms. The van der Waals surface area contributed by atoms with E-state index in [0.29, 0.717) is 33.6 Å². The van der Waals surface area contributed by atoms with Crippen LogP contribution in [-0.2, 0) is 15.3 Å². The van der Waals surface area contributed by atoms with E-state index in [4.69, 9.17) is 4.74 Å². The minimum atomic E-state index is -0.925. The summed E-state index contributed by atoms with van der Waals surface area (Å²) < 4.78 is 6.65. The molecular formula is C34H30N4O4S2. The van der Waals surface area contributed by atoms with E-state index in [-0.39, 0.29) is 16.5 Å². The Bertz CT molecular complexity index is 1830. The number of benzene rings is 3. The van der Waals surface area contributed by atoms with Gasteiger partial charge in [-0.25, -0.2) is 0 Å². The Kier molecular flexibility index (Phi) is 8.99. The Labute approximate surface area is 263 Å². The Morgan fingerprint density at radius 3 is 2.61 bits per heavy atom. The molecule has 5 aromatic rings. The van der Waals surface area contributed by atoms with Gasteiger partial charge in [0.2, 0.25) is 5.13 Å². The van der Waals surface area contributed by atoms with E-state index in [1.807, 2.05) is 42.5 Å². The number of Topliss-reactive ketones (excluding diaryl/α,β-unsaturated/α-hetero) is 1. The van der Waals surface area contributed by atoms with Gasteiger partial charge < -0.3 is 9.84 Å². The molecule has 6 rings (SSSR count). The van der Waals surface area contributed by atoms with Gasteiger partial charge >= 0.3 is 5.91 Å². The van der Waals surface area contributed by atoms with E-state index < -0.39 is 17.7 Å². The first kappa shape index (κ1) is 29.5. The van der Waals surface area contributed by atoms with Gasteiger partial charge in [-0.2, -0.15) is 0 Å². The van der Waals surface area contributed by atoms with Crippen LogP contribution in [-0.4, -0.2) is 38.6 Å². The van der Waals surface area contributed by atoms with Crippen molar-refractivity contribution in [1.82, 2.24) is 15.2 Å². The van der Waals surface area contributed by atoms with Gasteiger partial charge in [-0.1, -0.05) is 97.5 Å². The Morgan fingerprint density at radius 2 is 1.77 bits per heavy atom. The molecule has 2 aromatic heterocycles. The first-order chi connectivity index (χ1) is 21.5. The summed E-state index contributed by atoms with van der Waals surface area (Å²) in [6.45, 7) is 2.69. The van der Waals surface area contributed by atoms with Gasteiger partial charge in [0.15, 0.2) is 4.34 Å². The number of carbonyl (C=O) groups is 2. The van der Waals surface area contributed by atoms with Crippen molar-refractivity contribution in [2.45, 2.75) is 42.3 Å². The average Bonchev–Trinajstić information content (AvgIpc) is 3.64. The number of nitrogens with zero attached hydrogens (tertiary/aromatic N) is 4. The highest BCUT2D eigenvalue weighted by molar-refractivity contribution is 8.00. The number of ketones is 1. The molecule has 10 heteroatoms. The average molecular weight is 623 g/mol. The van der Waals surface area contributed by atoms with Crippen LogP contribution in [0.15, 0.2) is 101 Å². The van der Waals surface area contributed by atoms with Crippen LogP contribution in [0, 0.1) is 0 Å². The number of hydrogen-bond donors (Lipinski definition) is 1. The Morgan fingerprint density at radius 1 is 0.977 bits per heavy atom. The number of ether oxygens (including phenoxy) is 1. The minimum Gasteiger partial charge on any atom is -0.507 e. The SMILES string of the molecule is CCCCCOc1cccc(C2/C(=C(\O)c3ccncc3)C(=O)C(=O)N2c2nnc(SCc3cccc4ccccc34)s2)c1. The first-order valence-electron chi connectivity index (χ1n) is 14.4. The van der Waals surface area contributed by atoms with Gasteiger partial charge in [0.25, 0.3) is 5.78 Å². The van der Waals surface area contributed by atoms with Crippen molar-refractivity contribution in [2.75, 3.05) is 11.5 Å². The molecule has 222 valence electrons. The third-order valence-corrected chi connectivity index (χ3v) is 9.53. The second-order valence-corrected chi connectivity index (χ2v) is 12.5. The predicted molar refractivity (Wildman–Crippen MR) is 174 cm³/mol. The maximum Gasteiger partial charge on any atom is 0.301 e. The number of fused-ring (bicyclic) bond motifs is 1. The van der Waals surface area contributed by atoms with Crippen molar-refractivity contribution in [3.63, 3.8) is 0 Å². The lowest BCUT2D eigenvalue weighted by Crippen LogP contribution is -2.29. The summed E-state index contributed by atoms with van der Waals surface area (Å²) in [5.74, 6) is -0.558. The van der Waals surface area contributed by atoms with Gasteiger partial charge in [-0.3, -0.25) is 19.5 Å². The zero-order valence-electron chi connectivity index (χ0n) is 24.1. The molecule has 1 fully saturated rings. The molecule has 3 aromatic carbocycles. The van der Waals surface area contributed by atoms with Gasteiger partial charge in [-0.05, 0) is 52.6 Å². The lowest BCUT2D eigenvalue weighted by molar-refractivity contribution is -0.132. The van der Waals surface area contributed by atoms with Crippen molar-refractivity contribution in [3.05, 3.63) is 114 Å². The fourth-order valence-electron chi connectivity index (χ4n) is 5.24. The van der Waals surface area contributed by atoms with E-state index in [1.165, 1.54) is 51.3 Å². The molecule has 1 aliphatic rings. The summed E-state index contributed by atoms with van der Waals surface area (Å²) in [6.07, 6.45) is 6.11. The van der Waals surface area contributed by atoms with Crippen LogP contribution in [0.1, 0.15) is 48.9 Å². The van der Waals surface area contributed by atoms with Crippen LogP contribution in [0.5, 0.6) is 5.75 Å². The highest BCUT2D eigenvalue weighted by Crippen LogP contribution is 2.44. The largest absolute Gasteiger partial charge is 0.507 e. The Balaban J connectivity index is 1.34. The van der Waals surface area contributed by atoms with Crippen LogP contribution in [0.4, 0.5) is 5.13 Å². The van der Waals surface area contributed by atoms with Crippen molar-refractivity contribution < 1.29 is 19.4 Å². The number of aromatic nitrogens is 3. The van der Waals surface area contributed by atoms with Crippen LogP contribution in [0.3, 0.4) is 0 Å². The van der Waals surface area contributed by atoms with Gasteiger partial charge in [-0.15, -0.1) is 10.2 Å². The summed E-state index contributed by atoms with van der Waals surface area (Å²) in [6, 6.07) is 24.0. The van der Waals surface area contributed by atoms with E-state index in [2.05, 4.69) is 46.4 Å². The number of thioether (sulfide) groups is 1. The standard InChI is InChI=1S/C34H30N4O4S2/c1-2-3-6-19-42-26-13-8-11-24(20-26)29-28(30(39)23-15-17-35-18-16-23)31(40)32(41)38(29)33-36-37-34(44-33)43-21-25-12-7-10-22-9-4-5-14-27(22)25/h4-5,7-18,20,29,39H,2-3,6,19,21H2,1H3/b30-28+. The molecule has 1 unspecified atom stereocenters. The number of anilines is 1. The molecular weight excluding hydrogens is 593 g/mol. The molecule has 0 saturated carbocycles. The van der Waals surface area contributed by atoms with Crippen LogP contribution in [0.2, 0.25) is 0 Å². The molecule has 1 N–H and O–H groups in total. The lowest BCUT2D eigenvalue weighted by Gasteiger charge is -2.23. The van der Waals surface area contributed by atoms with Crippen molar-refractivity contribution in [1.29, 1.82) is 0 Å². The molecule has 0 aliphatic carbocycles. The maximum absolute atomic E-state index is 13.6. The lowest BCUT2D eigenvalue weighted by atomic mass is 9.95. The number of carbonyl (C=O) groups excluding carboxylic acids is 2. The maximum atomic E-state index is 13.6. The van der Waals surface area contributed by atoms with Gasteiger partial charge in [0.05, 0.1) is 18.2 Å². The monoisotopic (exact) mass is 622 g/mol. The topological polar surface area (TPSA) is 106 Å².